The van der Waals surface area contributed by atoms with E-state index in [0.29, 0.717) is 0 Å². The van der Waals surface area contributed by atoms with Gasteiger partial charge in [0.15, 0.2) is 0 Å². The van der Waals surface area contributed by atoms with E-state index < -0.39 is 5.41 Å². The molecule has 2 aromatic heterocycles. The maximum absolute atomic E-state index is 6.80. The van der Waals surface area contributed by atoms with E-state index in [4.69, 9.17) is 9.15 Å². The van der Waals surface area contributed by atoms with Crippen molar-refractivity contribution in [2.45, 2.75) is 5.41 Å². The largest absolute Gasteiger partial charge is 0.457 e. The van der Waals surface area contributed by atoms with Gasteiger partial charge in [0.2, 0.25) is 0 Å². The summed E-state index contributed by atoms with van der Waals surface area (Å²) in [6.45, 7) is 0. The predicted octanol–water partition coefficient (Wildman–Crippen LogP) is 16.9. The van der Waals surface area contributed by atoms with Crippen molar-refractivity contribution in [2.24, 2.45) is 0 Å². The van der Waals surface area contributed by atoms with Crippen LogP contribution in [-0.4, -0.2) is 4.57 Å². The fraction of sp³-hybridized carbons (Fsp3) is 0.0159. The van der Waals surface area contributed by atoms with E-state index in [0.717, 1.165) is 78.3 Å². The Bertz CT molecular complexity index is 4170. The number of ether oxygens (including phenoxy) is 1. The van der Waals surface area contributed by atoms with Crippen LogP contribution in [0.15, 0.2) is 235 Å². The molecule has 312 valence electrons. The van der Waals surface area contributed by atoms with Gasteiger partial charge in [-0.1, -0.05) is 152 Å². The van der Waals surface area contributed by atoms with Crippen LogP contribution in [-0.2, 0) is 5.41 Å². The van der Waals surface area contributed by atoms with Gasteiger partial charge in [-0.2, -0.15) is 0 Å². The van der Waals surface area contributed by atoms with Gasteiger partial charge in [0.25, 0.3) is 0 Å². The molecule has 0 atom stereocenters. The number of nitrogens with zero attached hydrogens (tertiary/aromatic N) is 2. The third-order valence-corrected chi connectivity index (χ3v) is 14.6. The summed E-state index contributed by atoms with van der Waals surface area (Å²) in [6, 6.07) is 84.1. The highest BCUT2D eigenvalue weighted by Gasteiger charge is 2.49. The molecule has 0 radical (unpaired) electrons. The minimum absolute atomic E-state index is 0.673. The van der Waals surface area contributed by atoms with Crippen LogP contribution in [0.3, 0.4) is 0 Å². The number of furan rings is 1. The monoisotopic (exact) mass is 854 g/mol. The van der Waals surface area contributed by atoms with Crippen LogP contribution in [0, 0.1) is 0 Å². The van der Waals surface area contributed by atoms with Gasteiger partial charge in [0.1, 0.15) is 22.7 Å². The maximum atomic E-state index is 6.80. The molecule has 13 aromatic rings. The summed E-state index contributed by atoms with van der Waals surface area (Å²) in [5, 5.41) is 9.48. The standard InChI is InChI=1S/C63H38N2O2/c1-2-18-44-39(14-1)15-13-26-55(44)64(41-31-34-57-49(36-41)46-19-3-7-25-56(46)65(57)42-32-35-59-50(37-42)47-20-4-8-27-58(47)66-59)43-30-33-45-48-21-11-16-40-17-12-24-53(62(40)48)63(54(45)38-43)51-22-5-9-28-60(51)67-61-29-10-6-23-52(61)63/h1-38H. The van der Waals surface area contributed by atoms with Crippen LogP contribution in [0.5, 0.6) is 11.5 Å². The lowest BCUT2D eigenvalue weighted by Gasteiger charge is -2.45. The fourth-order valence-corrected chi connectivity index (χ4v) is 11.9. The number of aromatic nitrogens is 1. The number of fused-ring (bicyclic) bond motifs is 15. The number of hydrogen-bond donors (Lipinski definition) is 0. The second kappa shape index (κ2) is 13.6. The molecule has 0 fully saturated rings. The molecule has 0 amide bonds. The molecule has 0 saturated heterocycles. The summed E-state index contributed by atoms with van der Waals surface area (Å²) in [6.07, 6.45) is 0. The fourth-order valence-electron chi connectivity index (χ4n) is 11.9. The Morgan fingerprint density at radius 3 is 1.87 bits per heavy atom. The minimum Gasteiger partial charge on any atom is -0.457 e. The number of benzene rings is 11. The van der Waals surface area contributed by atoms with Gasteiger partial charge in [0.05, 0.1) is 22.1 Å². The maximum Gasteiger partial charge on any atom is 0.135 e. The molecule has 1 aliphatic heterocycles. The van der Waals surface area contributed by atoms with Crippen molar-refractivity contribution in [2.75, 3.05) is 4.90 Å². The first-order chi connectivity index (χ1) is 33.2. The van der Waals surface area contributed by atoms with E-state index in [-0.39, 0.29) is 0 Å². The molecule has 15 rings (SSSR count). The van der Waals surface area contributed by atoms with Crippen molar-refractivity contribution >= 4 is 82.4 Å². The predicted molar refractivity (Wildman–Crippen MR) is 275 cm³/mol. The molecule has 1 aliphatic carbocycles. The third kappa shape index (κ3) is 4.96. The van der Waals surface area contributed by atoms with E-state index in [2.05, 4.69) is 228 Å². The molecule has 0 N–H and O–H groups in total. The average molecular weight is 855 g/mol. The van der Waals surface area contributed by atoms with E-state index in [9.17, 15) is 0 Å². The topological polar surface area (TPSA) is 30.5 Å². The van der Waals surface area contributed by atoms with Gasteiger partial charge < -0.3 is 18.6 Å². The summed E-state index contributed by atoms with van der Waals surface area (Å²) in [5.74, 6) is 1.75. The first-order valence-electron chi connectivity index (χ1n) is 23.0. The van der Waals surface area contributed by atoms with E-state index in [1.807, 2.05) is 12.1 Å². The average Bonchev–Trinajstić information content (AvgIpc) is 3.93. The van der Waals surface area contributed by atoms with Crippen molar-refractivity contribution in [1.29, 1.82) is 0 Å². The van der Waals surface area contributed by atoms with Crippen LogP contribution in [0.4, 0.5) is 17.1 Å². The summed E-state index contributed by atoms with van der Waals surface area (Å²) < 4.78 is 15.5. The van der Waals surface area contributed by atoms with E-state index >= 15 is 0 Å². The normalized spacial score (nSPS) is 13.3. The quantitative estimate of drug-likeness (QED) is 0.177. The van der Waals surface area contributed by atoms with Crippen LogP contribution in [0.2, 0.25) is 0 Å². The van der Waals surface area contributed by atoms with Crippen molar-refractivity contribution in [1.82, 2.24) is 4.57 Å². The first kappa shape index (κ1) is 36.5. The second-order valence-electron chi connectivity index (χ2n) is 17.9. The van der Waals surface area contributed by atoms with Crippen molar-refractivity contribution in [3.05, 3.63) is 253 Å². The van der Waals surface area contributed by atoms with Gasteiger partial charge in [0, 0.05) is 55.1 Å². The Balaban J connectivity index is 1.01. The Morgan fingerprint density at radius 1 is 0.373 bits per heavy atom. The highest BCUT2D eigenvalue weighted by molar-refractivity contribution is 6.13. The Morgan fingerprint density at radius 2 is 1.00 bits per heavy atom. The highest BCUT2D eigenvalue weighted by atomic mass is 16.5. The molecule has 11 aromatic carbocycles. The first-order valence-corrected chi connectivity index (χ1v) is 23.0. The molecule has 67 heavy (non-hydrogen) atoms. The zero-order chi connectivity index (χ0) is 43.8. The van der Waals surface area contributed by atoms with Crippen molar-refractivity contribution in [3.8, 4) is 28.3 Å². The molecule has 0 unspecified atom stereocenters. The van der Waals surface area contributed by atoms with E-state index in [1.165, 1.54) is 54.6 Å². The molecule has 3 heterocycles. The molecule has 2 aliphatic rings. The molecule has 4 heteroatoms. The van der Waals surface area contributed by atoms with Crippen molar-refractivity contribution < 1.29 is 9.15 Å². The third-order valence-electron chi connectivity index (χ3n) is 14.6. The van der Waals surface area contributed by atoms with Gasteiger partial charge in [-0.15, -0.1) is 0 Å². The van der Waals surface area contributed by atoms with Gasteiger partial charge in [-0.05, 0) is 117 Å². The lowest BCUT2D eigenvalue weighted by molar-refractivity contribution is 0.435. The summed E-state index contributed by atoms with van der Waals surface area (Å²) in [4.78, 5) is 2.48. The van der Waals surface area contributed by atoms with Crippen LogP contribution < -0.4 is 9.64 Å². The number of para-hydroxylation sites is 4. The number of hydrogen-bond acceptors (Lipinski definition) is 3. The number of anilines is 3. The van der Waals surface area contributed by atoms with Gasteiger partial charge in [-0.25, -0.2) is 0 Å². The zero-order valence-electron chi connectivity index (χ0n) is 36.2. The van der Waals surface area contributed by atoms with Gasteiger partial charge in [-0.3, -0.25) is 0 Å². The zero-order valence-corrected chi connectivity index (χ0v) is 36.2. The molecule has 1 spiro atoms. The SMILES string of the molecule is c1ccc2c(c1)Oc1ccccc1C21c2cc(N(c3ccc4c(c3)c3ccccc3n4-c3ccc4oc5ccccc5c4c3)c3cccc4ccccc34)ccc2-c2cccc3cccc1c23. The summed E-state index contributed by atoms with van der Waals surface area (Å²) in [7, 11) is 0. The van der Waals surface area contributed by atoms with Crippen LogP contribution >= 0.6 is 0 Å². The lowest BCUT2D eigenvalue weighted by atomic mass is 9.58. The summed E-state index contributed by atoms with van der Waals surface area (Å²) >= 11 is 0. The van der Waals surface area contributed by atoms with Crippen LogP contribution in [0.25, 0.3) is 82.1 Å². The second-order valence-corrected chi connectivity index (χ2v) is 17.9. The van der Waals surface area contributed by atoms with E-state index in [1.54, 1.807) is 0 Å². The molecular formula is C63H38N2O2. The molecule has 4 nitrogen and oxygen atoms in total. The Hall–Kier alpha value is -8.86. The minimum atomic E-state index is -0.673. The summed E-state index contributed by atoms with van der Waals surface area (Å²) in [5.41, 5.74) is 15.0. The smallest absolute Gasteiger partial charge is 0.135 e. The molecular weight excluding hydrogens is 817 g/mol. The lowest BCUT2D eigenvalue weighted by Crippen LogP contribution is -2.36. The van der Waals surface area contributed by atoms with Crippen molar-refractivity contribution in [3.63, 3.8) is 0 Å². The molecule has 0 saturated carbocycles. The molecule has 0 bridgehead atoms. The Labute approximate surface area is 385 Å². The highest BCUT2D eigenvalue weighted by Crippen LogP contribution is 2.62. The Kier molecular flexibility index (Phi) is 7.40. The number of rotatable bonds is 4. The van der Waals surface area contributed by atoms with Crippen LogP contribution in [0.1, 0.15) is 22.3 Å². The van der Waals surface area contributed by atoms with Gasteiger partial charge >= 0.3 is 0 Å².